The summed E-state index contributed by atoms with van der Waals surface area (Å²) in [5, 5.41) is 0.116. The molecule has 4 heteroatoms. The molecule has 90 valence electrons. The first kappa shape index (κ1) is 11.2. The highest BCUT2D eigenvalue weighted by atomic mass is 35.5. The Morgan fingerprint density at radius 2 is 2.00 bits per heavy atom. The Labute approximate surface area is 108 Å². The fourth-order valence-electron chi connectivity index (χ4n) is 1.90. The van der Waals surface area contributed by atoms with Gasteiger partial charge < -0.3 is 4.98 Å². The summed E-state index contributed by atoms with van der Waals surface area (Å²) in [5.41, 5.74) is 3.65. The zero-order valence-corrected chi connectivity index (χ0v) is 10.4. The van der Waals surface area contributed by atoms with Crippen LogP contribution in [-0.2, 0) is 0 Å². The van der Waals surface area contributed by atoms with Gasteiger partial charge in [0.15, 0.2) is 0 Å². The van der Waals surface area contributed by atoms with Crippen molar-refractivity contribution in [1.29, 1.82) is 0 Å². The number of fused-ring (bicyclic) bond motifs is 1. The van der Waals surface area contributed by atoms with Crippen LogP contribution >= 0.6 is 11.6 Å². The van der Waals surface area contributed by atoms with Crippen LogP contribution in [0.15, 0.2) is 36.4 Å². The number of hydrogen-bond acceptors (Lipinski definition) is 1. The quantitative estimate of drug-likeness (QED) is 0.693. The van der Waals surface area contributed by atoms with Crippen LogP contribution in [0.4, 0.5) is 4.39 Å². The lowest BCUT2D eigenvalue weighted by Crippen LogP contribution is -1.83. The number of aromatic amines is 1. The molecule has 0 aliphatic carbocycles. The summed E-state index contributed by atoms with van der Waals surface area (Å²) in [6.07, 6.45) is 0. The predicted molar refractivity (Wildman–Crippen MR) is 71.2 cm³/mol. The number of H-pyrrole nitrogens is 1. The van der Waals surface area contributed by atoms with E-state index < -0.39 is 5.82 Å². The summed E-state index contributed by atoms with van der Waals surface area (Å²) in [6.45, 7) is 2.02. The van der Waals surface area contributed by atoms with Crippen LogP contribution in [0.3, 0.4) is 0 Å². The van der Waals surface area contributed by atoms with E-state index in [1.807, 2.05) is 25.1 Å². The lowest BCUT2D eigenvalue weighted by atomic mass is 10.2. The Balaban J connectivity index is 2.16. The van der Waals surface area contributed by atoms with Crippen molar-refractivity contribution in [2.45, 2.75) is 6.92 Å². The van der Waals surface area contributed by atoms with E-state index in [1.165, 1.54) is 12.1 Å². The third-order valence-electron chi connectivity index (χ3n) is 2.83. The third-order valence-corrected chi connectivity index (χ3v) is 3.14. The van der Waals surface area contributed by atoms with Gasteiger partial charge in [0.25, 0.3) is 0 Å². The summed E-state index contributed by atoms with van der Waals surface area (Å²) in [5.74, 6) is 0.206. The molecule has 0 aliphatic heterocycles. The maximum Gasteiger partial charge on any atom is 0.142 e. The largest absolute Gasteiger partial charge is 0.338 e. The van der Waals surface area contributed by atoms with E-state index in [0.29, 0.717) is 11.4 Å². The van der Waals surface area contributed by atoms with Crippen molar-refractivity contribution in [3.63, 3.8) is 0 Å². The van der Waals surface area contributed by atoms with E-state index >= 15 is 0 Å². The monoisotopic (exact) mass is 260 g/mol. The number of hydrogen-bond donors (Lipinski definition) is 1. The average Bonchev–Trinajstić information content (AvgIpc) is 2.75. The van der Waals surface area contributed by atoms with Crippen molar-refractivity contribution in [1.82, 2.24) is 9.97 Å². The van der Waals surface area contributed by atoms with Gasteiger partial charge >= 0.3 is 0 Å². The Kier molecular flexibility index (Phi) is 2.56. The first-order valence-electron chi connectivity index (χ1n) is 5.55. The molecule has 0 amide bonds. The topological polar surface area (TPSA) is 28.7 Å². The highest BCUT2D eigenvalue weighted by Crippen LogP contribution is 2.24. The van der Waals surface area contributed by atoms with E-state index in [9.17, 15) is 4.39 Å². The minimum absolute atomic E-state index is 0.116. The normalized spacial score (nSPS) is 11.1. The third kappa shape index (κ3) is 1.87. The van der Waals surface area contributed by atoms with E-state index in [0.717, 1.165) is 16.6 Å². The number of aryl methyl sites for hydroxylation is 1. The number of rotatable bonds is 1. The molecular weight excluding hydrogens is 251 g/mol. The standard InChI is InChI=1S/C14H10ClFN2/c1-8-2-5-12-13(6-8)18-14(17-12)9-3-4-10(15)11(16)7-9/h2-7H,1H3,(H,17,18). The number of halogens is 2. The maximum absolute atomic E-state index is 13.4. The number of imidazole rings is 1. The molecule has 3 rings (SSSR count). The van der Waals surface area contributed by atoms with Crippen LogP contribution in [0.5, 0.6) is 0 Å². The minimum Gasteiger partial charge on any atom is -0.338 e. The van der Waals surface area contributed by atoms with E-state index in [2.05, 4.69) is 9.97 Å². The van der Waals surface area contributed by atoms with Gasteiger partial charge in [-0.05, 0) is 42.8 Å². The van der Waals surface area contributed by atoms with Crippen LogP contribution in [0.1, 0.15) is 5.56 Å². The van der Waals surface area contributed by atoms with Gasteiger partial charge in [-0.15, -0.1) is 0 Å². The van der Waals surface area contributed by atoms with Gasteiger partial charge in [-0.25, -0.2) is 9.37 Å². The minimum atomic E-state index is -0.439. The lowest BCUT2D eigenvalue weighted by Gasteiger charge is -1.98. The van der Waals surface area contributed by atoms with Crippen molar-refractivity contribution >= 4 is 22.6 Å². The van der Waals surface area contributed by atoms with E-state index in [4.69, 9.17) is 11.6 Å². The molecule has 1 heterocycles. The molecule has 0 radical (unpaired) electrons. The van der Waals surface area contributed by atoms with Crippen molar-refractivity contribution in [2.24, 2.45) is 0 Å². The second-order valence-corrected chi connectivity index (χ2v) is 4.64. The van der Waals surface area contributed by atoms with E-state index in [-0.39, 0.29) is 5.02 Å². The molecular formula is C14H10ClFN2. The highest BCUT2D eigenvalue weighted by Gasteiger charge is 2.08. The molecule has 2 aromatic carbocycles. The first-order valence-corrected chi connectivity index (χ1v) is 5.93. The Morgan fingerprint density at radius 1 is 1.17 bits per heavy atom. The Morgan fingerprint density at radius 3 is 2.78 bits per heavy atom. The average molecular weight is 261 g/mol. The van der Waals surface area contributed by atoms with Gasteiger partial charge in [-0.3, -0.25) is 0 Å². The van der Waals surface area contributed by atoms with Gasteiger partial charge in [-0.2, -0.15) is 0 Å². The van der Waals surface area contributed by atoms with Gasteiger partial charge in [-0.1, -0.05) is 17.7 Å². The van der Waals surface area contributed by atoms with E-state index in [1.54, 1.807) is 6.07 Å². The molecule has 0 saturated carbocycles. The van der Waals surface area contributed by atoms with Gasteiger partial charge in [0.2, 0.25) is 0 Å². The van der Waals surface area contributed by atoms with Gasteiger partial charge in [0.1, 0.15) is 11.6 Å². The predicted octanol–water partition coefficient (Wildman–Crippen LogP) is 4.33. The van der Waals surface area contributed by atoms with Crippen LogP contribution < -0.4 is 0 Å². The molecule has 0 saturated heterocycles. The zero-order chi connectivity index (χ0) is 12.7. The molecule has 0 atom stereocenters. The molecule has 2 nitrogen and oxygen atoms in total. The fraction of sp³-hybridized carbons (Fsp3) is 0.0714. The summed E-state index contributed by atoms with van der Waals surface area (Å²) in [4.78, 5) is 7.61. The van der Waals surface area contributed by atoms with Crippen LogP contribution in [0, 0.1) is 12.7 Å². The second-order valence-electron chi connectivity index (χ2n) is 4.23. The highest BCUT2D eigenvalue weighted by molar-refractivity contribution is 6.30. The summed E-state index contributed by atoms with van der Waals surface area (Å²) in [7, 11) is 0. The summed E-state index contributed by atoms with van der Waals surface area (Å²) in [6, 6.07) is 10.6. The molecule has 3 aromatic rings. The molecule has 1 N–H and O–H groups in total. The van der Waals surface area contributed by atoms with Gasteiger partial charge in [0.05, 0.1) is 16.1 Å². The molecule has 1 aromatic heterocycles. The number of aromatic nitrogens is 2. The van der Waals surface area contributed by atoms with Crippen molar-refractivity contribution in [2.75, 3.05) is 0 Å². The van der Waals surface area contributed by atoms with Crippen LogP contribution in [0.25, 0.3) is 22.4 Å². The molecule has 0 unspecified atom stereocenters. The fourth-order valence-corrected chi connectivity index (χ4v) is 2.02. The lowest BCUT2D eigenvalue weighted by molar-refractivity contribution is 0.628. The summed E-state index contributed by atoms with van der Waals surface area (Å²) >= 11 is 5.66. The molecule has 0 aliphatic rings. The zero-order valence-electron chi connectivity index (χ0n) is 9.67. The number of nitrogens with zero attached hydrogens (tertiary/aromatic N) is 1. The first-order chi connectivity index (χ1) is 8.63. The smallest absolute Gasteiger partial charge is 0.142 e. The van der Waals surface area contributed by atoms with Crippen molar-refractivity contribution in [3.05, 3.63) is 52.8 Å². The second kappa shape index (κ2) is 4.10. The maximum atomic E-state index is 13.4. The van der Waals surface area contributed by atoms with Crippen LogP contribution in [0.2, 0.25) is 5.02 Å². The van der Waals surface area contributed by atoms with Gasteiger partial charge in [0, 0.05) is 5.56 Å². The SMILES string of the molecule is Cc1ccc2nc(-c3ccc(Cl)c(F)c3)[nH]c2c1. The van der Waals surface area contributed by atoms with Crippen LogP contribution in [-0.4, -0.2) is 9.97 Å². The molecule has 0 fully saturated rings. The number of nitrogens with one attached hydrogen (secondary N) is 1. The molecule has 18 heavy (non-hydrogen) atoms. The van der Waals surface area contributed by atoms with Crippen molar-refractivity contribution < 1.29 is 4.39 Å². The molecule has 0 bridgehead atoms. The van der Waals surface area contributed by atoms with Crippen molar-refractivity contribution in [3.8, 4) is 11.4 Å². The number of benzene rings is 2. The Bertz CT molecular complexity index is 734. The Hall–Kier alpha value is -1.87. The molecule has 0 spiro atoms. The summed E-state index contributed by atoms with van der Waals surface area (Å²) < 4.78 is 13.4.